The van der Waals surface area contributed by atoms with Crippen molar-refractivity contribution in [1.29, 1.82) is 0 Å². The minimum atomic E-state index is -3.20. The number of nitrogens with zero attached hydrogens (tertiary/aromatic N) is 3. The topological polar surface area (TPSA) is 116 Å². The van der Waals surface area contributed by atoms with Crippen molar-refractivity contribution in [1.82, 2.24) is 9.78 Å². The summed E-state index contributed by atoms with van der Waals surface area (Å²) < 4.78 is 34.9. The second-order valence-electron chi connectivity index (χ2n) is 6.46. The monoisotopic (exact) mass is 403 g/mol. The van der Waals surface area contributed by atoms with Gasteiger partial charge in [0.2, 0.25) is 5.91 Å². The van der Waals surface area contributed by atoms with Crippen LogP contribution in [0.5, 0.6) is 0 Å². The highest BCUT2D eigenvalue weighted by atomic mass is 32.2. The Labute approximate surface area is 160 Å². The van der Waals surface area contributed by atoms with Crippen molar-refractivity contribution >= 4 is 21.4 Å². The molecule has 0 N–H and O–H groups in total. The first kappa shape index (κ1) is 18.2. The highest BCUT2D eigenvalue weighted by molar-refractivity contribution is 7.91. The molecule has 1 aromatic carbocycles. The molecule has 1 aliphatic heterocycles. The fourth-order valence-electron chi connectivity index (χ4n) is 3.24. The molecule has 9 nitrogen and oxygen atoms in total. The van der Waals surface area contributed by atoms with Crippen molar-refractivity contribution in [3.8, 4) is 11.7 Å². The van der Waals surface area contributed by atoms with Crippen LogP contribution in [0.15, 0.2) is 62.4 Å². The van der Waals surface area contributed by atoms with Crippen LogP contribution in [0.4, 0.5) is 5.69 Å². The van der Waals surface area contributed by atoms with Gasteiger partial charge >= 0.3 is 5.76 Å². The number of carbonyl (C=O) groups is 1. The second kappa shape index (κ2) is 7.12. The Bertz CT molecular complexity index is 1130. The molecule has 2 aromatic heterocycles. The fraction of sp³-hybridized carbons (Fsp3) is 0.278. The van der Waals surface area contributed by atoms with E-state index in [1.54, 1.807) is 42.5 Å². The predicted molar refractivity (Wildman–Crippen MR) is 99.5 cm³/mol. The van der Waals surface area contributed by atoms with Crippen LogP contribution in [0.2, 0.25) is 0 Å². The third kappa shape index (κ3) is 3.63. The molecule has 28 heavy (non-hydrogen) atoms. The third-order valence-electron chi connectivity index (χ3n) is 4.50. The molecule has 0 saturated carbocycles. The van der Waals surface area contributed by atoms with E-state index >= 15 is 0 Å². The first-order valence-electron chi connectivity index (χ1n) is 8.62. The molecule has 0 aliphatic carbocycles. The number of rotatable bonds is 5. The van der Waals surface area contributed by atoms with E-state index in [-0.39, 0.29) is 29.7 Å². The first-order valence-corrected chi connectivity index (χ1v) is 10.4. The maximum absolute atomic E-state index is 13.0. The van der Waals surface area contributed by atoms with Crippen LogP contribution in [0.25, 0.3) is 11.7 Å². The van der Waals surface area contributed by atoms with E-state index < -0.39 is 27.5 Å². The van der Waals surface area contributed by atoms with Crippen molar-refractivity contribution in [2.24, 2.45) is 0 Å². The van der Waals surface area contributed by atoms with E-state index in [4.69, 9.17) is 8.83 Å². The average Bonchev–Trinajstić information content (AvgIpc) is 3.38. The van der Waals surface area contributed by atoms with E-state index in [1.165, 1.54) is 11.2 Å². The van der Waals surface area contributed by atoms with Crippen LogP contribution in [-0.4, -0.2) is 41.7 Å². The van der Waals surface area contributed by atoms with Gasteiger partial charge < -0.3 is 13.7 Å². The summed E-state index contributed by atoms with van der Waals surface area (Å²) in [7, 11) is -3.20. The molecule has 1 atom stereocenters. The van der Waals surface area contributed by atoms with Gasteiger partial charge in [0.25, 0.3) is 5.89 Å². The standard InChI is InChI=1S/C18H17N3O6S/c22-16(11-20-18(23)27-17(19-20)15-7-4-9-26-15)21(13-5-2-1-3-6-13)14-8-10-28(24,25)12-14/h1-7,9,14H,8,10-12H2/t14-/m1/s1. The zero-order chi connectivity index (χ0) is 19.7. The summed E-state index contributed by atoms with van der Waals surface area (Å²) in [6.45, 7) is -0.380. The Kier molecular flexibility index (Phi) is 4.63. The maximum Gasteiger partial charge on any atom is 0.437 e. The lowest BCUT2D eigenvalue weighted by atomic mass is 10.2. The lowest BCUT2D eigenvalue weighted by Crippen LogP contribution is -2.44. The number of benzene rings is 1. The lowest BCUT2D eigenvalue weighted by molar-refractivity contribution is -0.119. The molecule has 0 radical (unpaired) electrons. The zero-order valence-corrected chi connectivity index (χ0v) is 15.5. The minimum absolute atomic E-state index is 0.0286. The first-order chi connectivity index (χ1) is 13.4. The normalized spacial score (nSPS) is 18.2. The maximum atomic E-state index is 13.0. The van der Waals surface area contributed by atoms with E-state index in [0.717, 1.165) is 4.68 Å². The van der Waals surface area contributed by atoms with Crippen LogP contribution in [0, 0.1) is 0 Å². The van der Waals surface area contributed by atoms with Gasteiger partial charge in [-0.1, -0.05) is 18.2 Å². The molecule has 0 unspecified atom stereocenters. The van der Waals surface area contributed by atoms with E-state index in [9.17, 15) is 18.0 Å². The van der Waals surface area contributed by atoms with Gasteiger partial charge in [0, 0.05) is 5.69 Å². The zero-order valence-electron chi connectivity index (χ0n) is 14.7. The molecular formula is C18H17N3O6S. The van der Waals surface area contributed by atoms with Crippen molar-refractivity contribution in [3.63, 3.8) is 0 Å². The van der Waals surface area contributed by atoms with Crippen molar-refractivity contribution in [3.05, 3.63) is 59.3 Å². The molecule has 1 fully saturated rings. The van der Waals surface area contributed by atoms with Gasteiger partial charge in [0.1, 0.15) is 6.54 Å². The van der Waals surface area contributed by atoms with Gasteiger partial charge in [-0.25, -0.2) is 13.2 Å². The van der Waals surface area contributed by atoms with E-state index in [2.05, 4.69) is 5.10 Å². The van der Waals surface area contributed by atoms with Gasteiger partial charge in [-0.05, 0) is 30.7 Å². The molecule has 0 bridgehead atoms. The summed E-state index contributed by atoms with van der Waals surface area (Å²) in [6.07, 6.45) is 1.76. The van der Waals surface area contributed by atoms with Gasteiger partial charge in [-0.15, -0.1) is 5.10 Å². The Morgan fingerprint density at radius 1 is 1.21 bits per heavy atom. The Balaban J connectivity index is 1.62. The molecule has 146 valence electrons. The molecule has 3 aromatic rings. The highest BCUT2D eigenvalue weighted by Gasteiger charge is 2.36. The van der Waals surface area contributed by atoms with Crippen LogP contribution in [-0.2, 0) is 21.2 Å². The van der Waals surface area contributed by atoms with Crippen molar-refractivity contribution in [2.75, 3.05) is 16.4 Å². The van der Waals surface area contributed by atoms with Crippen LogP contribution < -0.4 is 10.7 Å². The van der Waals surface area contributed by atoms with Gasteiger partial charge in [-0.2, -0.15) is 4.68 Å². The summed E-state index contributed by atoms with van der Waals surface area (Å²) in [6, 6.07) is 11.5. The van der Waals surface area contributed by atoms with Crippen LogP contribution in [0.1, 0.15) is 6.42 Å². The number of hydrogen-bond acceptors (Lipinski definition) is 7. The molecule has 0 spiro atoms. The molecule has 3 heterocycles. The number of para-hydroxylation sites is 1. The Morgan fingerprint density at radius 2 is 2.00 bits per heavy atom. The van der Waals surface area contributed by atoms with Crippen LogP contribution >= 0.6 is 0 Å². The Morgan fingerprint density at radius 3 is 2.64 bits per heavy atom. The summed E-state index contributed by atoms with van der Waals surface area (Å²) in [5.41, 5.74) is 0.567. The number of hydrogen-bond donors (Lipinski definition) is 0. The summed E-state index contributed by atoms with van der Waals surface area (Å²) in [4.78, 5) is 26.5. The predicted octanol–water partition coefficient (Wildman–Crippen LogP) is 1.32. The fourth-order valence-corrected chi connectivity index (χ4v) is 4.94. The second-order valence-corrected chi connectivity index (χ2v) is 8.69. The van der Waals surface area contributed by atoms with Crippen LogP contribution in [0.3, 0.4) is 0 Å². The van der Waals surface area contributed by atoms with Crippen molar-refractivity contribution < 1.29 is 22.0 Å². The minimum Gasteiger partial charge on any atom is -0.459 e. The SMILES string of the molecule is O=C(Cn1nc(-c2ccco2)oc1=O)N(c1ccccc1)[C@@H]1CCS(=O)(=O)C1. The molecule has 4 rings (SSSR count). The molecule has 10 heteroatoms. The number of amides is 1. The number of aromatic nitrogens is 2. The molecule has 1 amide bonds. The van der Waals surface area contributed by atoms with Gasteiger partial charge in [-0.3, -0.25) is 4.79 Å². The molecular weight excluding hydrogens is 386 g/mol. The summed E-state index contributed by atoms with van der Waals surface area (Å²) >= 11 is 0. The average molecular weight is 403 g/mol. The van der Waals surface area contributed by atoms with E-state index in [1.807, 2.05) is 0 Å². The molecule has 1 saturated heterocycles. The van der Waals surface area contributed by atoms with Crippen molar-refractivity contribution in [2.45, 2.75) is 19.0 Å². The van der Waals surface area contributed by atoms with Gasteiger partial charge in [0.05, 0.1) is 23.8 Å². The Hall–Kier alpha value is -3.14. The number of carbonyl (C=O) groups excluding carboxylic acids is 1. The third-order valence-corrected chi connectivity index (χ3v) is 6.25. The summed E-state index contributed by atoms with van der Waals surface area (Å²) in [5, 5.41) is 4.00. The van der Waals surface area contributed by atoms with Gasteiger partial charge in [0.15, 0.2) is 15.6 Å². The smallest absolute Gasteiger partial charge is 0.437 e. The highest BCUT2D eigenvalue weighted by Crippen LogP contribution is 2.25. The largest absolute Gasteiger partial charge is 0.459 e. The summed E-state index contributed by atoms with van der Waals surface area (Å²) in [5.74, 6) is -1.09. The quantitative estimate of drug-likeness (QED) is 0.631. The lowest BCUT2D eigenvalue weighted by Gasteiger charge is -2.28. The number of sulfone groups is 1. The number of furan rings is 1. The molecule has 1 aliphatic rings. The van der Waals surface area contributed by atoms with E-state index in [0.29, 0.717) is 12.1 Å². The number of anilines is 1.